The molecule has 0 saturated heterocycles. The van der Waals surface area contributed by atoms with Gasteiger partial charge in [-0.25, -0.2) is 8.42 Å². The van der Waals surface area contributed by atoms with Crippen LogP contribution in [-0.2, 0) is 14.6 Å². The van der Waals surface area contributed by atoms with Gasteiger partial charge in [0.15, 0.2) is 9.84 Å². The Labute approximate surface area is 109 Å². The van der Waals surface area contributed by atoms with Crippen molar-refractivity contribution in [3.63, 3.8) is 0 Å². The first kappa shape index (κ1) is 14.3. The fourth-order valence-electron chi connectivity index (χ4n) is 1.17. The fraction of sp³-hybridized carbons (Fsp3) is 0.300. The normalized spacial score (nSPS) is 11.2. The van der Waals surface area contributed by atoms with E-state index in [2.05, 4.69) is 0 Å². The summed E-state index contributed by atoms with van der Waals surface area (Å²) < 4.78 is 28.5. The second-order valence-corrected chi connectivity index (χ2v) is 6.16. The number of hydrogen-bond donors (Lipinski definition) is 0. The summed E-state index contributed by atoms with van der Waals surface area (Å²) in [5, 5.41) is -0.487. The lowest BCUT2D eigenvalue weighted by molar-refractivity contribution is -0.111. The lowest BCUT2D eigenvalue weighted by Crippen LogP contribution is -2.09. The molecule has 0 unspecified atom stereocenters. The molecule has 1 aromatic carbocycles. The predicted molar refractivity (Wildman–Crippen MR) is 65.5 cm³/mol. The van der Waals surface area contributed by atoms with E-state index in [1.165, 1.54) is 25.3 Å². The number of ether oxygens (including phenoxy) is 1. The molecule has 94 valence electrons. The van der Waals surface area contributed by atoms with Crippen molar-refractivity contribution in [2.45, 2.75) is 11.3 Å². The molecule has 0 aliphatic rings. The number of rotatable bonds is 5. The second-order valence-electron chi connectivity index (χ2n) is 3.22. The van der Waals surface area contributed by atoms with Gasteiger partial charge in [0, 0.05) is 6.42 Å². The van der Waals surface area contributed by atoms with E-state index >= 15 is 0 Å². The zero-order chi connectivity index (χ0) is 13.1. The van der Waals surface area contributed by atoms with Gasteiger partial charge in [-0.05, 0) is 29.8 Å². The van der Waals surface area contributed by atoms with Crippen molar-refractivity contribution in [2.24, 2.45) is 0 Å². The van der Waals surface area contributed by atoms with Crippen molar-refractivity contribution >= 4 is 38.3 Å². The topological polar surface area (TPSA) is 60.4 Å². The maximum Gasteiger partial charge on any atom is 0.222 e. The summed E-state index contributed by atoms with van der Waals surface area (Å²) in [6, 6.07) is 4.12. The summed E-state index contributed by atoms with van der Waals surface area (Å²) in [6.07, 6.45) is -0.229. The van der Waals surface area contributed by atoms with Crippen LogP contribution in [-0.4, -0.2) is 26.5 Å². The number of sulfone groups is 1. The first-order valence-electron chi connectivity index (χ1n) is 4.61. The average Bonchev–Trinajstić information content (AvgIpc) is 2.26. The van der Waals surface area contributed by atoms with E-state index in [-0.39, 0.29) is 22.1 Å². The molecule has 0 N–H and O–H groups in total. The standard InChI is InChI=1S/C10H10Cl2O4S/c1-16-9-3-2-7(6-8(9)11)17(14,15)5-4-10(12)13/h2-3,6H,4-5H2,1H3. The summed E-state index contributed by atoms with van der Waals surface area (Å²) in [6.45, 7) is 0. The van der Waals surface area contributed by atoms with Gasteiger partial charge in [0.2, 0.25) is 5.24 Å². The maximum atomic E-state index is 11.8. The number of methoxy groups -OCH3 is 1. The Morgan fingerprint density at radius 1 is 1.41 bits per heavy atom. The highest BCUT2D eigenvalue weighted by atomic mass is 35.5. The number of carbonyl (C=O) groups is 1. The third-order valence-corrected chi connectivity index (χ3v) is 4.25. The molecule has 1 rings (SSSR count). The van der Waals surface area contributed by atoms with Gasteiger partial charge in [0.05, 0.1) is 22.8 Å². The van der Waals surface area contributed by atoms with E-state index in [9.17, 15) is 13.2 Å². The SMILES string of the molecule is COc1ccc(S(=O)(=O)CCC(=O)Cl)cc1Cl. The number of hydrogen-bond acceptors (Lipinski definition) is 4. The summed E-state index contributed by atoms with van der Waals surface area (Å²) in [5.41, 5.74) is 0. The monoisotopic (exact) mass is 296 g/mol. The molecule has 0 aliphatic carbocycles. The first-order valence-corrected chi connectivity index (χ1v) is 7.02. The van der Waals surface area contributed by atoms with Gasteiger partial charge in [-0.1, -0.05) is 11.6 Å². The van der Waals surface area contributed by atoms with Crippen LogP contribution in [0.5, 0.6) is 5.75 Å². The highest BCUT2D eigenvalue weighted by molar-refractivity contribution is 7.91. The van der Waals surface area contributed by atoms with Crippen LogP contribution in [0.3, 0.4) is 0 Å². The van der Waals surface area contributed by atoms with Gasteiger partial charge in [-0.15, -0.1) is 0 Å². The summed E-state index contributed by atoms with van der Waals surface area (Å²) in [5.74, 6) is 0.0527. The molecule has 0 aliphatic heterocycles. The van der Waals surface area contributed by atoms with Gasteiger partial charge in [-0.2, -0.15) is 0 Å². The van der Waals surface area contributed by atoms with Crippen LogP contribution in [0, 0.1) is 0 Å². The largest absolute Gasteiger partial charge is 0.495 e. The molecule has 0 amide bonds. The third kappa shape index (κ3) is 3.87. The Morgan fingerprint density at radius 2 is 2.06 bits per heavy atom. The number of halogens is 2. The van der Waals surface area contributed by atoms with Crippen molar-refractivity contribution in [3.05, 3.63) is 23.2 Å². The second kappa shape index (κ2) is 5.71. The molecule has 0 saturated carbocycles. The van der Waals surface area contributed by atoms with Crippen LogP contribution < -0.4 is 4.74 Å². The van der Waals surface area contributed by atoms with Crippen LogP contribution in [0.25, 0.3) is 0 Å². The highest BCUT2D eigenvalue weighted by Gasteiger charge is 2.17. The first-order chi connectivity index (χ1) is 7.86. The van der Waals surface area contributed by atoms with E-state index in [1.54, 1.807) is 0 Å². The van der Waals surface area contributed by atoms with Crippen LogP contribution in [0.15, 0.2) is 23.1 Å². The molecular formula is C10H10Cl2O4S. The fourth-order valence-corrected chi connectivity index (χ4v) is 2.96. The van der Waals surface area contributed by atoms with Gasteiger partial charge in [-0.3, -0.25) is 4.79 Å². The average molecular weight is 297 g/mol. The molecule has 0 radical (unpaired) electrons. The quantitative estimate of drug-likeness (QED) is 0.782. The van der Waals surface area contributed by atoms with Crippen molar-refractivity contribution in [1.82, 2.24) is 0 Å². The summed E-state index contributed by atoms with van der Waals surface area (Å²) in [4.78, 5) is 10.6. The molecule has 0 spiro atoms. The number of benzene rings is 1. The van der Waals surface area contributed by atoms with Crippen molar-refractivity contribution < 1.29 is 17.9 Å². The Morgan fingerprint density at radius 3 is 2.53 bits per heavy atom. The molecule has 4 nitrogen and oxygen atoms in total. The zero-order valence-electron chi connectivity index (χ0n) is 8.94. The minimum atomic E-state index is -3.55. The van der Waals surface area contributed by atoms with Gasteiger partial charge >= 0.3 is 0 Å². The Balaban J connectivity index is 2.99. The minimum Gasteiger partial charge on any atom is -0.495 e. The van der Waals surface area contributed by atoms with E-state index in [1.807, 2.05) is 0 Å². The maximum absolute atomic E-state index is 11.8. The molecule has 0 heterocycles. The molecule has 0 fully saturated rings. The molecule has 0 atom stereocenters. The molecule has 0 bridgehead atoms. The molecule has 17 heavy (non-hydrogen) atoms. The van der Waals surface area contributed by atoms with E-state index in [0.29, 0.717) is 5.75 Å². The molecule has 0 aromatic heterocycles. The van der Waals surface area contributed by atoms with E-state index < -0.39 is 15.1 Å². The van der Waals surface area contributed by atoms with Crippen molar-refractivity contribution in [1.29, 1.82) is 0 Å². The molecular weight excluding hydrogens is 287 g/mol. The van der Waals surface area contributed by atoms with Crippen molar-refractivity contribution in [2.75, 3.05) is 12.9 Å². The lowest BCUT2D eigenvalue weighted by Gasteiger charge is -2.06. The smallest absolute Gasteiger partial charge is 0.222 e. The Hall–Kier alpha value is -0.780. The lowest BCUT2D eigenvalue weighted by atomic mass is 10.3. The number of carbonyl (C=O) groups excluding carboxylic acids is 1. The zero-order valence-corrected chi connectivity index (χ0v) is 11.3. The van der Waals surface area contributed by atoms with Gasteiger partial charge < -0.3 is 4.74 Å². The van der Waals surface area contributed by atoms with Crippen LogP contribution in [0.4, 0.5) is 0 Å². The van der Waals surface area contributed by atoms with Gasteiger partial charge in [0.25, 0.3) is 0 Å². The van der Waals surface area contributed by atoms with Crippen LogP contribution in [0.1, 0.15) is 6.42 Å². The summed E-state index contributed by atoms with van der Waals surface area (Å²) in [7, 11) is -2.12. The molecule has 1 aromatic rings. The predicted octanol–water partition coefficient (Wildman–Crippen LogP) is 2.28. The van der Waals surface area contributed by atoms with Crippen molar-refractivity contribution in [3.8, 4) is 5.75 Å². The highest BCUT2D eigenvalue weighted by Crippen LogP contribution is 2.27. The third-order valence-electron chi connectivity index (χ3n) is 2.05. The van der Waals surface area contributed by atoms with E-state index in [0.717, 1.165) is 0 Å². The van der Waals surface area contributed by atoms with Crippen LogP contribution >= 0.6 is 23.2 Å². The Kier molecular flexibility index (Phi) is 4.80. The van der Waals surface area contributed by atoms with E-state index in [4.69, 9.17) is 27.9 Å². The molecule has 7 heteroatoms. The minimum absolute atomic E-state index is 0.0428. The van der Waals surface area contributed by atoms with Crippen LogP contribution in [0.2, 0.25) is 5.02 Å². The Bertz CT molecular complexity index is 525. The summed E-state index contributed by atoms with van der Waals surface area (Å²) >= 11 is 10.9. The van der Waals surface area contributed by atoms with Gasteiger partial charge in [0.1, 0.15) is 5.75 Å².